The van der Waals surface area contributed by atoms with E-state index >= 15 is 0 Å². The van der Waals surface area contributed by atoms with Gasteiger partial charge in [-0.05, 0) is 43.2 Å². The number of carbonyl (C=O) groups is 1. The summed E-state index contributed by atoms with van der Waals surface area (Å²) in [6.45, 7) is 3.73. The lowest BCUT2D eigenvalue weighted by Crippen LogP contribution is -2.02. The lowest BCUT2D eigenvalue weighted by molar-refractivity contribution is 0.0693. The first-order chi connectivity index (χ1) is 8.99. The number of aromatic carboxylic acids is 1. The van der Waals surface area contributed by atoms with Crippen LogP contribution in [0.15, 0.2) is 36.4 Å². The highest BCUT2D eigenvalue weighted by atomic mass is 19.1. The number of para-hydroxylation sites is 1. The van der Waals surface area contributed by atoms with Crippen LogP contribution in [0.5, 0.6) is 11.5 Å². The molecule has 0 radical (unpaired) electrons. The van der Waals surface area contributed by atoms with Crippen LogP contribution in [0.2, 0.25) is 0 Å². The van der Waals surface area contributed by atoms with Gasteiger partial charge < -0.3 is 9.84 Å². The Kier molecular flexibility index (Phi) is 3.51. The van der Waals surface area contributed by atoms with Gasteiger partial charge >= 0.3 is 5.97 Å². The van der Waals surface area contributed by atoms with Gasteiger partial charge in [0.25, 0.3) is 0 Å². The maximum Gasteiger partial charge on any atom is 0.339 e. The highest BCUT2D eigenvalue weighted by Crippen LogP contribution is 2.31. The van der Waals surface area contributed by atoms with Crippen molar-refractivity contribution in [2.24, 2.45) is 0 Å². The monoisotopic (exact) mass is 260 g/mol. The molecule has 0 aliphatic carbocycles. The van der Waals surface area contributed by atoms with Gasteiger partial charge in [-0.25, -0.2) is 9.18 Å². The van der Waals surface area contributed by atoms with Crippen LogP contribution in [0.25, 0.3) is 0 Å². The van der Waals surface area contributed by atoms with Crippen LogP contribution in [0, 0.1) is 19.7 Å². The molecule has 1 N–H and O–H groups in total. The van der Waals surface area contributed by atoms with E-state index in [-0.39, 0.29) is 11.3 Å². The van der Waals surface area contributed by atoms with Crippen molar-refractivity contribution in [1.29, 1.82) is 0 Å². The van der Waals surface area contributed by atoms with Crippen LogP contribution in [-0.4, -0.2) is 11.1 Å². The minimum absolute atomic E-state index is 0.131. The van der Waals surface area contributed by atoms with E-state index in [0.717, 1.165) is 17.2 Å². The van der Waals surface area contributed by atoms with Crippen molar-refractivity contribution in [2.75, 3.05) is 0 Å². The topological polar surface area (TPSA) is 46.5 Å². The van der Waals surface area contributed by atoms with Gasteiger partial charge in [-0.1, -0.05) is 18.2 Å². The standard InChI is InChI=1S/C15H13FO3/c1-9-4-3-5-10(2)14(9)19-13-7-6-11(16)8-12(13)15(17)18/h3-8H,1-2H3,(H,17,18). The Morgan fingerprint density at radius 1 is 1.16 bits per heavy atom. The summed E-state index contributed by atoms with van der Waals surface area (Å²) in [5.74, 6) is -1.10. The van der Waals surface area contributed by atoms with E-state index in [1.54, 1.807) is 0 Å². The third-order valence-corrected chi connectivity index (χ3v) is 2.79. The maximum absolute atomic E-state index is 13.1. The highest BCUT2D eigenvalue weighted by Gasteiger charge is 2.15. The number of aryl methyl sites for hydroxylation is 2. The van der Waals surface area contributed by atoms with Crippen LogP contribution in [0.3, 0.4) is 0 Å². The van der Waals surface area contributed by atoms with E-state index in [9.17, 15) is 9.18 Å². The third kappa shape index (κ3) is 2.73. The smallest absolute Gasteiger partial charge is 0.339 e. The molecule has 3 nitrogen and oxygen atoms in total. The van der Waals surface area contributed by atoms with Gasteiger partial charge in [-0.15, -0.1) is 0 Å². The Bertz CT molecular complexity index is 615. The van der Waals surface area contributed by atoms with Gasteiger partial charge in [-0.3, -0.25) is 0 Å². The average Bonchev–Trinajstić information content (AvgIpc) is 2.35. The molecular formula is C15H13FO3. The van der Waals surface area contributed by atoms with E-state index in [4.69, 9.17) is 9.84 Å². The summed E-state index contributed by atoms with van der Waals surface area (Å²) in [5, 5.41) is 9.06. The van der Waals surface area contributed by atoms with Crippen molar-refractivity contribution in [1.82, 2.24) is 0 Å². The molecule has 0 bridgehead atoms. The van der Waals surface area contributed by atoms with Crippen molar-refractivity contribution in [2.45, 2.75) is 13.8 Å². The number of ether oxygens (including phenoxy) is 1. The molecule has 0 amide bonds. The molecule has 0 heterocycles. The molecule has 19 heavy (non-hydrogen) atoms. The molecule has 0 saturated heterocycles. The summed E-state index contributed by atoms with van der Waals surface area (Å²) in [7, 11) is 0. The quantitative estimate of drug-likeness (QED) is 0.909. The van der Waals surface area contributed by atoms with Crippen LogP contribution in [0.1, 0.15) is 21.5 Å². The fourth-order valence-electron chi connectivity index (χ4n) is 1.83. The number of halogens is 1. The van der Waals surface area contributed by atoms with E-state index in [1.165, 1.54) is 12.1 Å². The predicted octanol–water partition coefficient (Wildman–Crippen LogP) is 3.93. The van der Waals surface area contributed by atoms with Crippen molar-refractivity contribution in [3.05, 3.63) is 58.9 Å². The summed E-state index contributed by atoms with van der Waals surface area (Å²) >= 11 is 0. The second-order valence-corrected chi connectivity index (χ2v) is 4.27. The molecule has 2 rings (SSSR count). The number of hydrogen-bond donors (Lipinski definition) is 1. The van der Waals surface area contributed by atoms with Gasteiger partial charge in [0.1, 0.15) is 22.9 Å². The molecule has 2 aromatic rings. The molecule has 0 saturated carbocycles. The van der Waals surface area contributed by atoms with Crippen molar-refractivity contribution in [3.63, 3.8) is 0 Å². The summed E-state index contributed by atoms with van der Waals surface area (Å²) in [4.78, 5) is 11.1. The Hall–Kier alpha value is -2.36. The third-order valence-electron chi connectivity index (χ3n) is 2.79. The molecule has 0 fully saturated rings. The number of benzene rings is 2. The lowest BCUT2D eigenvalue weighted by atomic mass is 10.1. The Balaban J connectivity index is 2.47. The summed E-state index contributed by atoms with van der Waals surface area (Å²) < 4.78 is 18.7. The SMILES string of the molecule is Cc1cccc(C)c1Oc1ccc(F)cc1C(=O)O. The van der Waals surface area contributed by atoms with Crippen LogP contribution >= 0.6 is 0 Å². The maximum atomic E-state index is 13.1. The normalized spacial score (nSPS) is 10.3. The molecule has 4 heteroatoms. The molecular weight excluding hydrogens is 247 g/mol. The van der Waals surface area contributed by atoms with E-state index < -0.39 is 11.8 Å². The zero-order chi connectivity index (χ0) is 14.0. The molecule has 0 spiro atoms. The van der Waals surface area contributed by atoms with Gasteiger partial charge in [0.05, 0.1) is 0 Å². The number of carboxylic acids is 1. The number of hydrogen-bond acceptors (Lipinski definition) is 2. The largest absolute Gasteiger partial charge is 0.478 e. The number of carboxylic acid groups (broad SMARTS) is 1. The first kappa shape index (κ1) is 13.1. The predicted molar refractivity (Wildman–Crippen MR) is 69.3 cm³/mol. The van der Waals surface area contributed by atoms with E-state index in [1.807, 2.05) is 32.0 Å². The zero-order valence-electron chi connectivity index (χ0n) is 10.6. The van der Waals surface area contributed by atoms with Crippen LogP contribution in [0.4, 0.5) is 4.39 Å². The number of rotatable bonds is 3. The molecule has 2 aromatic carbocycles. The van der Waals surface area contributed by atoms with Gasteiger partial charge in [0.2, 0.25) is 0 Å². The fraction of sp³-hybridized carbons (Fsp3) is 0.133. The van der Waals surface area contributed by atoms with Crippen molar-refractivity contribution < 1.29 is 19.0 Å². The molecule has 98 valence electrons. The summed E-state index contributed by atoms with van der Waals surface area (Å²) in [6, 6.07) is 9.07. The highest BCUT2D eigenvalue weighted by molar-refractivity contribution is 5.91. The van der Waals surface area contributed by atoms with Gasteiger partial charge in [-0.2, -0.15) is 0 Å². The lowest BCUT2D eigenvalue weighted by Gasteiger charge is -2.13. The summed E-state index contributed by atoms with van der Waals surface area (Å²) in [6.07, 6.45) is 0. The van der Waals surface area contributed by atoms with Crippen molar-refractivity contribution in [3.8, 4) is 11.5 Å². The van der Waals surface area contributed by atoms with E-state index in [0.29, 0.717) is 5.75 Å². The Labute approximate surface area is 110 Å². The minimum atomic E-state index is -1.22. The summed E-state index contributed by atoms with van der Waals surface area (Å²) in [5.41, 5.74) is 1.59. The Morgan fingerprint density at radius 3 is 2.37 bits per heavy atom. The first-order valence-electron chi connectivity index (χ1n) is 5.76. The average molecular weight is 260 g/mol. The molecule has 0 aromatic heterocycles. The van der Waals surface area contributed by atoms with Crippen molar-refractivity contribution >= 4 is 5.97 Å². The molecule has 0 unspecified atom stereocenters. The van der Waals surface area contributed by atoms with Crippen LogP contribution in [-0.2, 0) is 0 Å². The zero-order valence-corrected chi connectivity index (χ0v) is 10.6. The van der Waals surface area contributed by atoms with E-state index in [2.05, 4.69) is 0 Å². The molecule has 0 atom stereocenters. The van der Waals surface area contributed by atoms with Gasteiger partial charge in [0.15, 0.2) is 0 Å². The minimum Gasteiger partial charge on any atom is -0.478 e. The second kappa shape index (κ2) is 5.10. The fourth-order valence-corrected chi connectivity index (χ4v) is 1.83. The molecule has 0 aliphatic heterocycles. The van der Waals surface area contributed by atoms with Crippen LogP contribution < -0.4 is 4.74 Å². The van der Waals surface area contributed by atoms with Gasteiger partial charge in [0, 0.05) is 0 Å². The second-order valence-electron chi connectivity index (χ2n) is 4.27. The Morgan fingerprint density at radius 2 is 1.79 bits per heavy atom. The molecule has 0 aliphatic rings. The first-order valence-corrected chi connectivity index (χ1v) is 5.76.